The molecule has 0 atom stereocenters. The van der Waals surface area contributed by atoms with Gasteiger partial charge in [0, 0.05) is 45.2 Å². The Hall–Kier alpha value is -2.08. The molecule has 0 unspecified atom stereocenters. The average molecular weight is 335 g/mol. The van der Waals surface area contributed by atoms with Crippen molar-refractivity contribution in [1.29, 1.82) is 0 Å². The van der Waals surface area contributed by atoms with Crippen molar-refractivity contribution in [2.45, 2.75) is 26.4 Å². The summed E-state index contributed by atoms with van der Waals surface area (Å²) in [4.78, 5) is 6.41. The van der Waals surface area contributed by atoms with E-state index in [1.807, 2.05) is 31.3 Å². The van der Waals surface area contributed by atoms with Crippen molar-refractivity contribution in [3.63, 3.8) is 0 Å². The van der Waals surface area contributed by atoms with Gasteiger partial charge in [-0.25, -0.2) is 0 Å². The van der Waals surface area contributed by atoms with Crippen LogP contribution in [0.4, 0.5) is 0 Å². The van der Waals surface area contributed by atoms with Crippen molar-refractivity contribution >= 4 is 17.6 Å². The van der Waals surface area contributed by atoms with Gasteiger partial charge in [-0.1, -0.05) is 30.7 Å². The lowest BCUT2D eigenvalue weighted by Crippen LogP contribution is -2.39. The first-order chi connectivity index (χ1) is 11.1. The molecule has 0 aliphatic heterocycles. The van der Waals surface area contributed by atoms with E-state index in [2.05, 4.69) is 36.9 Å². The van der Waals surface area contributed by atoms with Crippen molar-refractivity contribution < 1.29 is 0 Å². The molecule has 1 heterocycles. The summed E-state index contributed by atoms with van der Waals surface area (Å²) in [7, 11) is 3.80. The van der Waals surface area contributed by atoms with E-state index in [0.29, 0.717) is 0 Å². The van der Waals surface area contributed by atoms with E-state index in [4.69, 9.17) is 11.6 Å². The molecule has 1 aromatic carbocycles. The number of hydrogen-bond acceptors (Lipinski definition) is 3. The minimum Gasteiger partial charge on any atom is -0.354 e. The maximum atomic E-state index is 5.92. The Morgan fingerprint density at radius 3 is 2.74 bits per heavy atom. The summed E-state index contributed by atoms with van der Waals surface area (Å²) < 4.78 is 2.06. The largest absolute Gasteiger partial charge is 0.354 e. The van der Waals surface area contributed by atoms with Gasteiger partial charge in [-0.15, -0.1) is 10.2 Å². The molecule has 0 aliphatic carbocycles. The van der Waals surface area contributed by atoms with Gasteiger partial charge in [-0.05, 0) is 17.7 Å². The topological polar surface area (TPSA) is 58.3 Å². The minimum atomic E-state index is 0.750. The summed E-state index contributed by atoms with van der Waals surface area (Å²) in [5, 5.41) is 12.1. The fraction of sp³-hybridized carbons (Fsp3) is 0.438. The zero-order valence-electron chi connectivity index (χ0n) is 13.8. The standard InChI is InChI=1S/C16H23ClN6/c1-4-15-21-20-12-23(15)10-9-19-16(18-2)22(3)11-13-5-7-14(17)8-6-13/h5-8,12H,4,9-11H2,1-3H3,(H,18,19). The number of nitrogens with one attached hydrogen (secondary N) is 1. The molecule has 6 nitrogen and oxygen atoms in total. The zero-order chi connectivity index (χ0) is 16.7. The van der Waals surface area contributed by atoms with Crippen LogP contribution in [-0.2, 0) is 19.5 Å². The van der Waals surface area contributed by atoms with E-state index in [1.54, 1.807) is 13.4 Å². The number of hydrogen-bond donors (Lipinski definition) is 1. The lowest BCUT2D eigenvalue weighted by atomic mass is 10.2. The number of nitrogens with zero attached hydrogens (tertiary/aromatic N) is 5. The average Bonchev–Trinajstić information content (AvgIpc) is 3.01. The van der Waals surface area contributed by atoms with Crippen molar-refractivity contribution in [1.82, 2.24) is 25.0 Å². The highest BCUT2D eigenvalue weighted by Gasteiger charge is 2.07. The number of aromatic nitrogens is 3. The maximum Gasteiger partial charge on any atom is 0.193 e. The summed E-state index contributed by atoms with van der Waals surface area (Å²) in [6.07, 6.45) is 2.64. The van der Waals surface area contributed by atoms with Crippen LogP contribution in [-0.4, -0.2) is 46.3 Å². The number of aryl methyl sites for hydroxylation is 1. The molecular formula is C16H23ClN6. The quantitative estimate of drug-likeness (QED) is 0.650. The number of halogens is 1. The number of guanidine groups is 1. The van der Waals surface area contributed by atoms with Crippen LogP contribution >= 0.6 is 11.6 Å². The Kier molecular flexibility index (Phi) is 6.40. The van der Waals surface area contributed by atoms with E-state index < -0.39 is 0 Å². The van der Waals surface area contributed by atoms with Crippen LogP contribution in [0.1, 0.15) is 18.3 Å². The van der Waals surface area contributed by atoms with Crippen LogP contribution in [0.2, 0.25) is 5.02 Å². The Morgan fingerprint density at radius 2 is 2.09 bits per heavy atom. The third-order valence-corrected chi connectivity index (χ3v) is 3.81. The van der Waals surface area contributed by atoms with Gasteiger partial charge in [0.25, 0.3) is 0 Å². The van der Waals surface area contributed by atoms with E-state index in [0.717, 1.165) is 42.9 Å². The summed E-state index contributed by atoms with van der Waals surface area (Å²) in [6, 6.07) is 7.85. The van der Waals surface area contributed by atoms with Crippen LogP contribution in [0.5, 0.6) is 0 Å². The Labute approximate surface area is 142 Å². The summed E-state index contributed by atoms with van der Waals surface area (Å²) >= 11 is 5.92. The molecule has 0 saturated carbocycles. The van der Waals surface area contributed by atoms with Crippen LogP contribution < -0.4 is 5.32 Å². The molecule has 0 radical (unpaired) electrons. The normalized spacial score (nSPS) is 11.6. The first-order valence-electron chi connectivity index (χ1n) is 7.67. The van der Waals surface area contributed by atoms with Gasteiger partial charge in [-0.3, -0.25) is 4.99 Å². The summed E-state index contributed by atoms with van der Waals surface area (Å²) in [5.41, 5.74) is 1.19. The molecule has 124 valence electrons. The molecule has 7 heteroatoms. The highest BCUT2D eigenvalue weighted by molar-refractivity contribution is 6.30. The van der Waals surface area contributed by atoms with Crippen molar-refractivity contribution in [3.8, 4) is 0 Å². The highest BCUT2D eigenvalue weighted by Crippen LogP contribution is 2.10. The van der Waals surface area contributed by atoms with E-state index in [9.17, 15) is 0 Å². The van der Waals surface area contributed by atoms with Crippen LogP contribution in [0.3, 0.4) is 0 Å². The van der Waals surface area contributed by atoms with Crippen molar-refractivity contribution in [2.24, 2.45) is 4.99 Å². The van der Waals surface area contributed by atoms with Crippen LogP contribution in [0.25, 0.3) is 0 Å². The fourth-order valence-corrected chi connectivity index (χ4v) is 2.48. The molecule has 1 aromatic heterocycles. The molecule has 2 aromatic rings. The summed E-state index contributed by atoms with van der Waals surface area (Å²) in [6.45, 7) is 4.42. The molecule has 0 fully saturated rings. The van der Waals surface area contributed by atoms with Gasteiger partial charge in [0.15, 0.2) is 5.96 Å². The zero-order valence-corrected chi connectivity index (χ0v) is 14.6. The molecule has 0 spiro atoms. The monoisotopic (exact) mass is 334 g/mol. The van der Waals surface area contributed by atoms with E-state index in [-0.39, 0.29) is 0 Å². The smallest absolute Gasteiger partial charge is 0.193 e. The van der Waals surface area contributed by atoms with Gasteiger partial charge in [0.2, 0.25) is 0 Å². The summed E-state index contributed by atoms with van der Waals surface area (Å²) in [5.74, 6) is 1.85. The Bertz CT molecular complexity index is 634. The molecule has 0 amide bonds. The lowest BCUT2D eigenvalue weighted by molar-refractivity contribution is 0.472. The van der Waals surface area contributed by atoms with Crippen LogP contribution in [0.15, 0.2) is 35.6 Å². The molecular weight excluding hydrogens is 312 g/mol. The molecule has 2 rings (SSSR count). The lowest BCUT2D eigenvalue weighted by Gasteiger charge is -2.22. The predicted molar refractivity (Wildman–Crippen MR) is 93.7 cm³/mol. The van der Waals surface area contributed by atoms with E-state index >= 15 is 0 Å². The van der Waals surface area contributed by atoms with Crippen molar-refractivity contribution in [2.75, 3.05) is 20.6 Å². The number of benzene rings is 1. The maximum absolute atomic E-state index is 5.92. The first kappa shape index (κ1) is 17.3. The molecule has 1 N–H and O–H groups in total. The molecule has 0 bridgehead atoms. The van der Waals surface area contributed by atoms with Gasteiger partial charge < -0.3 is 14.8 Å². The number of aliphatic imine (C=N–C) groups is 1. The minimum absolute atomic E-state index is 0.750. The van der Waals surface area contributed by atoms with Gasteiger partial charge >= 0.3 is 0 Å². The number of rotatable bonds is 6. The highest BCUT2D eigenvalue weighted by atomic mass is 35.5. The Morgan fingerprint density at radius 1 is 1.35 bits per heavy atom. The first-order valence-corrected chi connectivity index (χ1v) is 8.04. The van der Waals surface area contributed by atoms with Gasteiger partial charge in [-0.2, -0.15) is 0 Å². The molecule has 0 aliphatic rings. The second-order valence-corrected chi connectivity index (χ2v) is 5.69. The molecule has 23 heavy (non-hydrogen) atoms. The van der Waals surface area contributed by atoms with Gasteiger partial charge in [0.1, 0.15) is 12.2 Å². The predicted octanol–water partition coefficient (Wildman–Crippen LogP) is 2.20. The Balaban J connectivity index is 1.85. The van der Waals surface area contributed by atoms with Crippen molar-refractivity contribution in [3.05, 3.63) is 47.0 Å². The SMILES string of the molecule is CCc1nncn1CCNC(=NC)N(C)Cc1ccc(Cl)cc1. The fourth-order valence-electron chi connectivity index (χ4n) is 2.35. The van der Waals surface area contributed by atoms with Crippen LogP contribution in [0, 0.1) is 0 Å². The third kappa shape index (κ3) is 4.96. The second kappa shape index (κ2) is 8.53. The second-order valence-electron chi connectivity index (χ2n) is 5.25. The molecule has 0 saturated heterocycles. The van der Waals surface area contributed by atoms with Gasteiger partial charge in [0.05, 0.1) is 0 Å². The third-order valence-electron chi connectivity index (χ3n) is 3.55. The van der Waals surface area contributed by atoms with E-state index in [1.165, 1.54) is 5.56 Å².